The SMILES string of the molecule is NCC1CCCC1COc1cc(F)c(Cl)cc1[N+](=O)[O-]. The molecule has 20 heavy (non-hydrogen) atoms. The van der Waals surface area contributed by atoms with Crippen LogP contribution in [0.5, 0.6) is 5.75 Å². The minimum Gasteiger partial charge on any atom is -0.486 e. The molecule has 5 nitrogen and oxygen atoms in total. The van der Waals surface area contributed by atoms with Gasteiger partial charge in [-0.1, -0.05) is 18.0 Å². The van der Waals surface area contributed by atoms with Crippen molar-refractivity contribution in [2.75, 3.05) is 13.2 Å². The van der Waals surface area contributed by atoms with Crippen molar-refractivity contribution in [3.8, 4) is 5.75 Å². The molecule has 2 unspecified atom stereocenters. The highest BCUT2D eigenvalue weighted by atomic mass is 35.5. The van der Waals surface area contributed by atoms with Crippen LogP contribution in [-0.4, -0.2) is 18.1 Å². The minimum atomic E-state index is -0.728. The van der Waals surface area contributed by atoms with E-state index < -0.39 is 10.7 Å². The van der Waals surface area contributed by atoms with Gasteiger partial charge in [0.25, 0.3) is 0 Å². The average Bonchev–Trinajstić information content (AvgIpc) is 2.86. The average molecular weight is 303 g/mol. The van der Waals surface area contributed by atoms with Gasteiger partial charge in [-0.25, -0.2) is 4.39 Å². The number of benzene rings is 1. The third-order valence-corrected chi connectivity index (χ3v) is 4.06. The van der Waals surface area contributed by atoms with Crippen LogP contribution in [0.2, 0.25) is 5.02 Å². The lowest BCUT2D eigenvalue weighted by atomic mass is 9.97. The number of nitro benzene ring substituents is 1. The fraction of sp³-hybridized carbons (Fsp3) is 0.538. The zero-order chi connectivity index (χ0) is 14.7. The van der Waals surface area contributed by atoms with Gasteiger partial charge in [0.2, 0.25) is 0 Å². The van der Waals surface area contributed by atoms with E-state index in [2.05, 4.69) is 0 Å². The fourth-order valence-corrected chi connectivity index (χ4v) is 2.77. The third-order valence-electron chi connectivity index (χ3n) is 3.77. The van der Waals surface area contributed by atoms with Crippen molar-refractivity contribution in [3.05, 3.63) is 33.1 Å². The topological polar surface area (TPSA) is 78.4 Å². The second-order valence-corrected chi connectivity index (χ2v) is 5.40. The molecule has 0 aromatic heterocycles. The first-order chi connectivity index (χ1) is 9.52. The van der Waals surface area contributed by atoms with Gasteiger partial charge < -0.3 is 10.5 Å². The van der Waals surface area contributed by atoms with Crippen LogP contribution in [0.25, 0.3) is 0 Å². The van der Waals surface area contributed by atoms with E-state index in [0.717, 1.165) is 31.4 Å². The van der Waals surface area contributed by atoms with Crippen LogP contribution in [0, 0.1) is 27.8 Å². The molecule has 0 radical (unpaired) electrons. The summed E-state index contributed by atoms with van der Waals surface area (Å²) >= 11 is 5.55. The number of hydrogen-bond acceptors (Lipinski definition) is 4. The van der Waals surface area contributed by atoms with Gasteiger partial charge in [-0.05, 0) is 31.2 Å². The van der Waals surface area contributed by atoms with E-state index in [1.165, 1.54) is 0 Å². The zero-order valence-corrected chi connectivity index (χ0v) is 11.6. The summed E-state index contributed by atoms with van der Waals surface area (Å²) in [5.41, 5.74) is 5.35. The molecule has 0 saturated heterocycles. The maximum absolute atomic E-state index is 13.4. The third kappa shape index (κ3) is 3.19. The molecule has 7 heteroatoms. The number of hydrogen-bond donors (Lipinski definition) is 1. The van der Waals surface area contributed by atoms with Gasteiger partial charge in [-0.3, -0.25) is 10.1 Å². The van der Waals surface area contributed by atoms with Gasteiger partial charge in [0, 0.05) is 12.1 Å². The summed E-state index contributed by atoms with van der Waals surface area (Å²) in [5, 5.41) is 10.6. The Balaban J connectivity index is 2.12. The van der Waals surface area contributed by atoms with Crippen molar-refractivity contribution in [3.63, 3.8) is 0 Å². The molecule has 110 valence electrons. The highest BCUT2D eigenvalue weighted by molar-refractivity contribution is 6.31. The minimum absolute atomic E-state index is 0.0837. The van der Waals surface area contributed by atoms with Gasteiger partial charge in [0.1, 0.15) is 5.82 Å². The predicted octanol–water partition coefficient (Wildman–Crippen LogP) is 3.14. The standard InChI is InChI=1S/C13H16ClFN2O3/c14-10-4-12(17(18)19)13(5-11(10)15)20-7-9-3-1-2-8(9)6-16/h4-5,8-9H,1-3,6-7,16H2. The number of rotatable bonds is 5. The second-order valence-electron chi connectivity index (χ2n) is 4.99. The van der Waals surface area contributed by atoms with Gasteiger partial charge in [-0.2, -0.15) is 0 Å². The quantitative estimate of drug-likeness (QED) is 0.669. The van der Waals surface area contributed by atoms with Crippen LogP contribution < -0.4 is 10.5 Å². The summed E-state index contributed by atoms with van der Waals surface area (Å²) in [6.07, 6.45) is 3.10. The van der Waals surface area contributed by atoms with Crippen LogP contribution in [0.15, 0.2) is 12.1 Å². The molecule has 2 rings (SSSR count). The molecule has 1 saturated carbocycles. The summed E-state index contributed by atoms with van der Waals surface area (Å²) < 4.78 is 18.9. The van der Waals surface area contributed by atoms with E-state index in [0.29, 0.717) is 19.1 Å². The molecule has 1 aromatic carbocycles. The van der Waals surface area contributed by atoms with E-state index in [1.807, 2.05) is 0 Å². The van der Waals surface area contributed by atoms with E-state index in [1.54, 1.807) is 0 Å². The molecular formula is C13H16ClFN2O3. The van der Waals surface area contributed by atoms with Gasteiger partial charge in [0.05, 0.1) is 16.6 Å². The molecule has 0 aliphatic heterocycles. The van der Waals surface area contributed by atoms with Crippen LogP contribution >= 0.6 is 11.6 Å². The Morgan fingerprint density at radius 1 is 1.45 bits per heavy atom. The number of nitro groups is 1. The van der Waals surface area contributed by atoms with E-state index in [4.69, 9.17) is 22.1 Å². The van der Waals surface area contributed by atoms with Crippen molar-refractivity contribution in [1.82, 2.24) is 0 Å². The molecule has 2 atom stereocenters. The molecule has 2 N–H and O–H groups in total. The Morgan fingerprint density at radius 2 is 2.15 bits per heavy atom. The van der Waals surface area contributed by atoms with E-state index in [-0.39, 0.29) is 22.4 Å². The van der Waals surface area contributed by atoms with E-state index >= 15 is 0 Å². The lowest BCUT2D eigenvalue weighted by Gasteiger charge is -2.18. The molecule has 0 spiro atoms. The van der Waals surface area contributed by atoms with Crippen molar-refractivity contribution in [1.29, 1.82) is 0 Å². The Hall–Kier alpha value is -1.40. The molecule has 1 aliphatic rings. The number of nitrogens with two attached hydrogens (primary N) is 1. The highest BCUT2D eigenvalue weighted by Crippen LogP contribution is 2.35. The Kier molecular flexibility index (Phi) is 4.77. The van der Waals surface area contributed by atoms with Crippen LogP contribution in [0.4, 0.5) is 10.1 Å². The number of ether oxygens (including phenoxy) is 1. The van der Waals surface area contributed by atoms with Crippen molar-refractivity contribution in [2.45, 2.75) is 19.3 Å². The summed E-state index contributed by atoms with van der Waals surface area (Å²) in [4.78, 5) is 10.3. The fourth-order valence-electron chi connectivity index (χ4n) is 2.62. The van der Waals surface area contributed by atoms with E-state index in [9.17, 15) is 14.5 Å². The Labute approximate surface area is 121 Å². The molecule has 0 heterocycles. The van der Waals surface area contributed by atoms with Crippen molar-refractivity contribution >= 4 is 17.3 Å². The van der Waals surface area contributed by atoms with Gasteiger partial charge in [-0.15, -0.1) is 0 Å². The molecule has 1 aromatic rings. The smallest absolute Gasteiger partial charge is 0.312 e. The largest absolute Gasteiger partial charge is 0.486 e. The lowest BCUT2D eigenvalue weighted by Crippen LogP contribution is -2.23. The summed E-state index contributed by atoms with van der Waals surface area (Å²) in [6, 6.07) is 1.94. The van der Waals surface area contributed by atoms with Gasteiger partial charge >= 0.3 is 5.69 Å². The summed E-state index contributed by atoms with van der Waals surface area (Å²) in [5.74, 6) is -0.182. The first kappa shape index (κ1) is 15.0. The first-order valence-corrected chi connectivity index (χ1v) is 6.87. The predicted molar refractivity (Wildman–Crippen MR) is 73.4 cm³/mol. The molecule has 0 bridgehead atoms. The van der Waals surface area contributed by atoms with Crippen LogP contribution in [0.1, 0.15) is 19.3 Å². The zero-order valence-electron chi connectivity index (χ0n) is 10.9. The summed E-state index contributed by atoms with van der Waals surface area (Å²) in [7, 11) is 0. The lowest BCUT2D eigenvalue weighted by molar-refractivity contribution is -0.386. The summed E-state index contributed by atoms with van der Waals surface area (Å²) in [6.45, 7) is 0.884. The first-order valence-electron chi connectivity index (χ1n) is 6.49. The Morgan fingerprint density at radius 3 is 2.80 bits per heavy atom. The Bertz CT molecular complexity index is 513. The number of halogens is 2. The highest BCUT2D eigenvalue weighted by Gasteiger charge is 2.28. The normalized spacial score (nSPS) is 21.9. The number of nitrogens with zero attached hydrogens (tertiary/aromatic N) is 1. The van der Waals surface area contributed by atoms with Crippen molar-refractivity contribution in [2.24, 2.45) is 17.6 Å². The van der Waals surface area contributed by atoms with Crippen LogP contribution in [0.3, 0.4) is 0 Å². The molecule has 0 amide bonds. The second kappa shape index (κ2) is 6.37. The van der Waals surface area contributed by atoms with Gasteiger partial charge in [0.15, 0.2) is 5.75 Å². The molecule has 1 aliphatic carbocycles. The molecular weight excluding hydrogens is 287 g/mol. The van der Waals surface area contributed by atoms with Crippen LogP contribution in [-0.2, 0) is 0 Å². The maximum atomic E-state index is 13.4. The van der Waals surface area contributed by atoms with Crippen molar-refractivity contribution < 1.29 is 14.1 Å². The monoisotopic (exact) mass is 302 g/mol. The maximum Gasteiger partial charge on any atom is 0.312 e. The molecule has 1 fully saturated rings.